The Morgan fingerprint density at radius 1 is 1.12 bits per heavy atom. The van der Waals surface area contributed by atoms with Crippen molar-refractivity contribution in [2.24, 2.45) is 17.3 Å². The van der Waals surface area contributed by atoms with Gasteiger partial charge in [-0.15, -0.1) is 0 Å². The van der Waals surface area contributed by atoms with Crippen LogP contribution in [0.1, 0.15) is 54.4 Å². The molecule has 102 valence electrons. The van der Waals surface area contributed by atoms with Crippen molar-refractivity contribution in [1.29, 1.82) is 0 Å². The Hall–Kier alpha value is -0.0800. The van der Waals surface area contributed by atoms with E-state index in [2.05, 4.69) is 46.4 Å². The number of aliphatic hydroxyl groups excluding tert-OH is 1. The van der Waals surface area contributed by atoms with Crippen molar-refractivity contribution < 1.29 is 5.11 Å². The highest BCUT2D eigenvalue weighted by atomic mass is 16.3. The van der Waals surface area contributed by atoms with E-state index in [1.54, 1.807) is 0 Å². The van der Waals surface area contributed by atoms with Crippen molar-refractivity contribution in [1.82, 2.24) is 4.90 Å². The molecule has 2 atom stereocenters. The van der Waals surface area contributed by atoms with E-state index in [-0.39, 0.29) is 11.5 Å². The average molecular weight is 241 g/mol. The van der Waals surface area contributed by atoms with E-state index >= 15 is 0 Å². The molecule has 2 unspecified atom stereocenters. The number of rotatable bonds is 5. The van der Waals surface area contributed by atoms with E-state index in [1.807, 2.05) is 0 Å². The van der Waals surface area contributed by atoms with Crippen molar-refractivity contribution in [2.45, 2.75) is 66.5 Å². The maximum Gasteiger partial charge on any atom is 0.0746 e. The molecule has 1 aliphatic rings. The van der Waals surface area contributed by atoms with Crippen LogP contribution < -0.4 is 0 Å². The molecule has 0 saturated heterocycles. The normalized spacial score (nSPS) is 28.6. The van der Waals surface area contributed by atoms with Gasteiger partial charge in [-0.25, -0.2) is 0 Å². The van der Waals surface area contributed by atoms with Crippen molar-refractivity contribution >= 4 is 0 Å². The number of hydrogen-bond donors (Lipinski definition) is 1. The maximum atomic E-state index is 10.5. The van der Waals surface area contributed by atoms with Gasteiger partial charge in [0.2, 0.25) is 0 Å². The summed E-state index contributed by atoms with van der Waals surface area (Å²) in [6.45, 7) is 15.7. The van der Waals surface area contributed by atoms with E-state index < -0.39 is 0 Å². The molecule has 0 aromatic carbocycles. The summed E-state index contributed by atoms with van der Waals surface area (Å²) in [5.41, 5.74) is 0.0941. The summed E-state index contributed by atoms with van der Waals surface area (Å²) in [6.07, 6.45) is 2.12. The van der Waals surface area contributed by atoms with Crippen LogP contribution in [0.3, 0.4) is 0 Å². The van der Waals surface area contributed by atoms with Crippen molar-refractivity contribution in [3.05, 3.63) is 0 Å². The van der Waals surface area contributed by atoms with Gasteiger partial charge in [0.1, 0.15) is 0 Å². The van der Waals surface area contributed by atoms with Gasteiger partial charge in [0.05, 0.1) is 6.10 Å². The Bertz CT molecular complexity index is 225. The molecule has 0 aliphatic heterocycles. The van der Waals surface area contributed by atoms with Gasteiger partial charge < -0.3 is 5.11 Å². The average Bonchev–Trinajstić information content (AvgIpc) is 2.39. The monoisotopic (exact) mass is 241 g/mol. The highest BCUT2D eigenvalue weighted by molar-refractivity contribution is 4.96. The fourth-order valence-electron chi connectivity index (χ4n) is 3.01. The Balaban J connectivity index is 2.70. The zero-order chi connectivity index (χ0) is 13.2. The summed E-state index contributed by atoms with van der Waals surface area (Å²) in [7, 11) is 0. The van der Waals surface area contributed by atoms with Crippen molar-refractivity contribution in [3.8, 4) is 0 Å². The maximum absolute atomic E-state index is 10.5. The Labute approximate surface area is 107 Å². The van der Waals surface area contributed by atoms with Gasteiger partial charge in [-0.3, -0.25) is 4.90 Å². The molecule has 0 aromatic rings. The van der Waals surface area contributed by atoms with Crippen LogP contribution in [0, 0.1) is 17.3 Å². The van der Waals surface area contributed by atoms with Gasteiger partial charge in [-0.1, -0.05) is 41.5 Å². The third-order valence-electron chi connectivity index (χ3n) is 3.92. The molecule has 2 nitrogen and oxygen atoms in total. The molecule has 0 aromatic heterocycles. The quantitative estimate of drug-likeness (QED) is 0.799. The van der Waals surface area contributed by atoms with Crippen LogP contribution in [0.25, 0.3) is 0 Å². The molecular formula is C15H31NO. The predicted octanol–water partition coefficient (Wildman–Crippen LogP) is 3.15. The van der Waals surface area contributed by atoms with Crippen LogP contribution in [0.5, 0.6) is 0 Å². The minimum absolute atomic E-state index is 0.0941. The third kappa shape index (κ3) is 3.96. The van der Waals surface area contributed by atoms with Gasteiger partial charge in [-0.2, -0.15) is 0 Å². The Kier molecular flexibility index (Phi) is 5.03. The molecule has 1 aliphatic carbocycles. The molecule has 0 radical (unpaired) electrons. The van der Waals surface area contributed by atoms with Crippen LogP contribution >= 0.6 is 0 Å². The van der Waals surface area contributed by atoms with E-state index in [4.69, 9.17) is 0 Å². The molecule has 17 heavy (non-hydrogen) atoms. The number of nitrogens with zero attached hydrogens (tertiary/aromatic N) is 1. The fraction of sp³-hybridized carbons (Fsp3) is 1.00. The van der Waals surface area contributed by atoms with Crippen LogP contribution in [-0.2, 0) is 0 Å². The molecular weight excluding hydrogens is 210 g/mol. The second-order valence-corrected chi connectivity index (χ2v) is 7.28. The summed E-state index contributed by atoms with van der Waals surface area (Å²) in [5.74, 6) is 1.34. The summed E-state index contributed by atoms with van der Waals surface area (Å²) >= 11 is 0. The summed E-state index contributed by atoms with van der Waals surface area (Å²) < 4.78 is 0. The summed E-state index contributed by atoms with van der Waals surface area (Å²) in [5, 5.41) is 10.5. The molecule has 1 N–H and O–H groups in total. The second-order valence-electron chi connectivity index (χ2n) is 7.28. The SMILES string of the molecule is CC(C)CN(CC(C)C)C1CCC(C)(C)C1O. The van der Waals surface area contributed by atoms with Gasteiger partial charge in [0.25, 0.3) is 0 Å². The zero-order valence-electron chi connectivity index (χ0n) is 12.5. The van der Waals surface area contributed by atoms with Crippen LogP contribution in [0.2, 0.25) is 0 Å². The lowest BCUT2D eigenvalue weighted by Crippen LogP contribution is -2.47. The predicted molar refractivity (Wildman–Crippen MR) is 74.1 cm³/mol. The first-order valence-corrected chi connectivity index (χ1v) is 7.16. The largest absolute Gasteiger partial charge is 0.391 e. The molecule has 1 saturated carbocycles. The number of hydrogen-bond acceptors (Lipinski definition) is 2. The van der Waals surface area contributed by atoms with Crippen molar-refractivity contribution in [3.63, 3.8) is 0 Å². The van der Waals surface area contributed by atoms with Gasteiger partial charge >= 0.3 is 0 Å². The third-order valence-corrected chi connectivity index (χ3v) is 3.92. The fourth-order valence-corrected chi connectivity index (χ4v) is 3.01. The van der Waals surface area contributed by atoms with E-state index in [0.29, 0.717) is 17.9 Å². The highest BCUT2D eigenvalue weighted by Crippen LogP contribution is 2.40. The van der Waals surface area contributed by atoms with Crippen LogP contribution in [0.4, 0.5) is 0 Å². The van der Waals surface area contributed by atoms with Gasteiger partial charge in [0.15, 0.2) is 0 Å². The first-order chi connectivity index (χ1) is 7.74. The lowest BCUT2D eigenvalue weighted by Gasteiger charge is -2.36. The first-order valence-electron chi connectivity index (χ1n) is 7.16. The minimum atomic E-state index is -0.167. The lowest BCUT2D eigenvalue weighted by molar-refractivity contribution is 0.00691. The van der Waals surface area contributed by atoms with E-state index in [9.17, 15) is 5.11 Å². The first kappa shape index (κ1) is 15.0. The van der Waals surface area contributed by atoms with Gasteiger partial charge in [-0.05, 0) is 30.1 Å². The van der Waals surface area contributed by atoms with E-state index in [1.165, 1.54) is 0 Å². The topological polar surface area (TPSA) is 23.5 Å². The lowest BCUT2D eigenvalue weighted by atomic mass is 9.88. The second kappa shape index (κ2) is 5.71. The summed E-state index contributed by atoms with van der Waals surface area (Å²) in [6, 6.07) is 0.370. The molecule has 0 heterocycles. The Morgan fingerprint density at radius 2 is 1.59 bits per heavy atom. The molecule has 0 bridgehead atoms. The molecule has 1 fully saturated rings. The standard InChI is InChI=1S/C15H31NO/c1-11(2)9-16(10-12(3)4)13-7-8-15(5,6)14(13)17/h11-14,17H,7-10H2,1-6H3. The molecule has 0 amide bonds. The Morgan fingerprint density at radius 3 is 1.88 bits per heavy atom. The minimum Gasteiger partial charge on any atom is -0.391 e. The summed E-state index contributed by atoms with van der Waals surface area (Å²) in [4.78, 5) is 2.52. The molecule has 0 spiro atoms. The molecule has 1 rings (SSSR count). The van der Waals surface area contributed by atoms with Crippen LogP contribution in [0.15, 0.2) is 0 Å². The zero-order valence-corrected chi connectivity index (χ0v) is 12.5. The number of aliphatic hydroxyl groups is 1. The van der Waals surface area contributed by atoms with Crippen LogP contribution in [-0.4, -0.2) is 35.2 Å². The van der Waals surface area contributed by atoms with Gasteiger partial charge in [0, 0.05) is 19.1 Å². The van der Waals surface area contributed by atoms with Crippen molar-refractivity contribution in [2.75, 3.05) is 13.1 Å². The smallest absolute Gasteiger partial charge is 0.0746 e. The van der Waals surface area contributed by atoms with E-state index in [0.717, 1.165) is 25.9 Å². The highest BCUT2D eigenvalue weighted by Gasteiger charge is 2.43. The molecule has 2 heteroatoms.